The van der Waals surface area contributed by atoms with Gasteiger partial charge in [0.2, 0.25) is 0 Å². The molecule has 632 valence electrons. The van der Waals surface area contributed by atoms with E-state index in [-0.39, 0.29) is 0 Å². The smallest absolute Gasteiger partial charge is 0.0468 e. The molecule has 22 aromatic carbocycles. The van der Waals surface area contributed by atoms with Crippen molar-refractivity contribution in [1.82, 2.24) is 0 Å². The Morgan fingerprint density at radius 1 is 0.0752 bits per heavy atom. The number of fused-ring (bicyclic) bond motifs is 3. The van der Waals surface area contributed by atoms with Gasteiger partial charge in [0.05, 0.1) is 0 Å². The Morgan fingerprint density at radius 3 is 0.361 bits per heavy atom. The molecule has 0 radical (unpaired) electrons. The Balaban J connectivity index is 0.000000161. The molecule has 0 aliphatic heterocycles. The number of nitrogens with zero attached hydrogens (tertiary/aromatic N) is 7. The fraction of sp³-hybridized carbons (Fsp3) is 0. The number of para-hydroxylation sites is 9. The summed E-state index contributed by atoms with van der Waals surface area (Å²) < 4.78 is 0. The lowest BCUT2D eigenvalue weighted by molar-refractivity contribution is 1.24. The Hall–Kier alpha value is -17.8. The lowest BCUT2D eigenvalue weighted by Crippen LogP contribution is -2.14. The molecule has 0 spiro atoms. The van der Waals surface area contributed by atoms with Crippen LogP contribution in [0.3, 0.4) is 0 Å². The van der Waals surface area contributed by atoms with Gasteiger partial charge in [-0.2, -0.15) is 0 Å². The van der Waals surface area contributed by atoms with Crippen LogP contribution < -0.4 is 34.3 Å². The van der Waals surface area contributed by atoms with Gasteiger partial charge in [0.15, 0.2) is 0 Å². The molecule has 0 aliphatic carbocycles. The van der Waals surface area contributed by atoms with E-state index in [0.29, 0.717) is 0 Å². The van der Waals surface area contributed by atoms with Crippen molar-refractivity contribution in [2.45, 2.75) is 0 Å². The maximum absolute atomic E-state index is 2.35. The molecule has 0 bridgehead atoms. The van der Waals surface area contributed by atoms with Gasteiger partial charge in [0.25, 0.3) is 0 Å². The Morgan fingerprint density at radius 2 is 0.195 bits per heavy atom. The minimum Gasteiger partial charge on any atom is -0.311 e. The molecule has 0 atom stereocenters. The van der Waals surface area contributed by atoms with Crippen LogP contribution in [0, 0.1) is 0 Å². The number of anilines is 21. The third kappa shape index (κ3) is 18.1. The zero-order chi connectivity index (χ0) is 88.9. The van der Waals surface area contributed by atoms with Crippen LogP contribution in [0.5, 0.6) is 0 Å². The maximum Gasteiger partial charge on any atom is 0.0468 e. The lowest BCUT2D eigenvalue weighted by atomic mass is 9.93. The van der Waals surface area contributed by atoms with E-state index in [9.17, 15) is 0 Å². The largest absolute Gasteiger partial charge is 0.311 e. The topological polar surface area (TPSA) is 22.7 Å². The molecule has 133 heavy (non-hydrogen) atoms. The van der Waals surface area contributed by atoms with Crippen molar-refractivity contribution >= 4 is 152 Å². The van der Waals surface area contributed by atoms with Crippen LogP contribution in [-0.2, 0) is 0 Å². The van der Waals surface area contributed by atoms with Crippen LogP contribution in [0.2, 0.25) is 0 Å². The third-order valence-electron chi connectivity index (χ3n) is 24.5. The van der Waals surface area contributed by atoms with Crippen LogP contribution in [0.4, 0.5) is 119 Å². The molecule has 22 rings (SSSR count). The number of benzene rings is 22. The second kappa shape index (κ2) is 38.4. The molecular formula is C126H93N7. The predicted molar refractivity (Wildman–Crippen MR) is 564 cm³/mol. The molecule has 22 aromatic rings. The monoisotopic (exact) mass is 1700 g/mol. The molecule has 0 unspecified atom stereocenters. The molecule has 7 heteroatoms. The van der Waals surface area contributed by atoms with Crippen molar-refractivity contribution in [2.24, 2.45) is 0 Å². The highest BCUT2D eigenvalue weighted by Crippen LogP contribution is 2.48. The number of hydrogen-bond donors (Lipinski definition) is 0. The highest BCUT2D eigenvalue weighted by molar-refractivity contribution is 5.95. The predicted octanol–water partition coefficient (Wildman–Crippen LogP) is 36.1. The van der Waals surface area contributed by atoms with Crippen LogP contribution in [-0.4, -0.2) is 0 Å². The van der Waals surface area contributed by atoms with Crippen molar-refractivity contribution in [1.29, 1.82) is 0 Å². The van der Waals surface area contributed by atoms with Gasteiger partial charge in [0, 0.05) is 119 Å². The highest BCUT2D eigenvalue weighted by Gasteiger charge is 2.24. The van der Waals surface area contributed by atoms with Crippen LogP contribution in [0.15, 0.2) is 564 Å². The molecule has 0 fully saturated rings. The fourth-order valence-corrected chi connectivity index (χ4v) is 18.1. The summed E-state index contributed by atoms with van der Waals surface area (Å²) in [5, 5.41) is 7.26. The second-order valence-electron chi connectivity index (χ2n) is 33.0. The molecule has 0 heterocycles. The van der Waals surface area contributed by atoms with E-state index in [2.05, 4.69) is 598 Å². The SMILES string of the molecule is c1ccc(N(c2ccc(N(c3ccc(N(c4ccccc4)c4ccc5ccccc5c4)cc3)c3ccc(N(c4ccccc4)c4ccc5ccccc5c4)cc3)cc2)c2ccc3ccccc3c2)cc1.c1ccc(N(c2ccccc2)c2ccc(-c3cc(-c4ccc(N(c5ccccc5)c5ccccc5)cc4)cc(-c4ccc(N(c5ccccc5)c5ccccc5)cc4)c3)cc2)cc1. The van der Waals surface area contributed by atoms with Crippen LogP contribution in [0.1, 0.15) is 0 Å². The maximum atomic E-state index is 2.35. The summed E-state index contributed by atoms with van der Waals surface area (Å²) >= 11 is 0. The average Bonchev–Trinajstić information content (AvgIpc) is 0.774. The van der Waals surface area contributed by atoms with E-state index in [0.717, 1.165) is 153 Å². The van der Waals surface area contributed by atoms with E-state index in [1.54, 1.807) is 0 Å². The van der Waals surface area contributed by atoms with E-state index in [4.69, 9.17) is 0 Å². The molecule has 0 saturated heterocycles. The van der Waals surface area contributed by atoms with E-state index in [1.807, 2.05) is 0 Å². The molecule has 0 aliphatic rings. The zero-order valence-corrected chi connectivity index (χ0v) is 73.3. The first-order valence-corrected chi connectivity index (χ1v) is 45.2. The fourth-order valence-electron chi connectivity index (χ4n) is 18.1. The number of hydrogen-bond acceptors (Lipinski definition) is 7. The molecule has 7 nitrogen and oxygen atoms in total. The van der Waals surface area contributed by atoms with Crippen LogP contribution in [0.25, 0.3) is 65.7 Å². The van der Waals surface area contributed by atoms with Gasteiger partial charge >= 0.3 is 0 Å². The Kier molecular flexibility index (Phi) is 23.7. The van der Waals surface area contributed by atoms with Gasteiger partial charge in [0.1, 0.15) is 0 Å². The van der Waals surface area contributed by atoms with Crippen molar-refractivity contribution in [3.8, 4) is 33.4 Å². The molecule has 0 aromatic heterocycles. The highest BCUT2D eigenvalue weighted by atomic mass is 15.2. The summed E-state index contributed by atoms with van der Waals surface area (Å²) in [6, 6.07) is 202. The van der Waals surface area contributed by atoms with Gasteiger partial charge in [-0.1, -0.05) is 291 Å². The van der Waals surface area contributed by atoms with Crippen molar-refractivity contribution in [3.63, 3.8) is 0 Å². The van der Waals surface area contributed by atoms with Gasteiger partial charge in [-0.05, 0) is 339 Å². The molecular weight excluding hydrogens is 1610 g/mol. The van der Waals surface area contributed by atoms with E-state index < -0.39 is 0 Å². The second-order valence-corrected chi connectivity index (χ2v) is 33.0. The van der Waals surface area contributed by atoms with Gasteiger partial charge in [-0.25, -0.2) is 0 Å². The van der Waals surface area contributed by atoms with Gasteiger partial charge < -0.3 is 34.3 Å². The van der Waals surface area contributed by atoms with Crippen molar-refractivity contribution in [3.05, 3.63) is 564 Å². The molecule has 0 N–H and O–H groups in total. The third-order valence-corrected chi connectivity index (χ3v) is 24.5. The normalized spacial score (nSPS) is 11.0. The standard InChI is InChI=1S/C66H48N4.C60H45N3/c1-4-22-55(23-5-1)68(64-31-28-49-16-10-13-19-52(49)46-64)61-40-34-58(35-41-61)67(59-36-42-62(43-37-59)69(56-24-6-2-7-25-56)65-32-29-50-17-11-14-20-53(50)47-65)60-38-44-63(45-39-60)70(57-26-8-3-9-27-57)66-33-30-51-18-12-15-21-54(51)48-66;1-7-19-52(20-8-1)61(53-21-9-2-10-22-53)58-37-31-46(32-38-58)49-43-50(47-33-39-59(40-34-47)62(54-23-11-3-12-24-54)55-25-13-4-14-26-55)45-51(44-49)48-35-41-60(42-36-48)63(56-27-15-5-16-28-56)57-29-17-6-18-30-57/h1-48H;1-45H. The van der Waals surface area contributed by atoms with E-state index in [1.165, 1.54) is 32.3 Å². The quantitative estimate of drug-likeness (QED) is 0.0594. The Bertz CT molecular complexity index is 6760. The summed E-state index contributed by atoms with van der Waals surface area (Å²) in [7, 11) is 0. The van der Waals surface area contributed by atoms with E-state index >= 15 is 0 Å². The summed E-state index contributed by atoms with van der Waals surface area (Å²) in [4.78, 5) is 16.3. The first-order chi connectivity index (χ1) is 65.9. The summed E-state index contributed by atoms with van der Waals surface area (Å²) in [5.74, 6) is 0. The molecule has 0 amide bonds. The van der Waals surface area contributed by atoms with Gasteiger partial charge in [-0.3, -0.25) is 0 Å². The zero-order valence-electron chi connectivity index (χ0n) is 73.3. The first-order valence-electron chi connectivity index (χ1n) is 45.2. The lowest BCUT2D eigenvalue weighted by Gasteiger charge is -2.30. The number of rotatable bonds is 24. The minimum absolute atomic E-state index is 1.04. The first kappa shape index (κ1) is 82.2. The minimum atomic E-state index is 1.04. The summed E-state index contributed by atoms with van der Waals surface area (Å²) in [5.41, 5.74) is 29.8. The summed E-state index contributed by atoms with van der Waals surface area (Å²) in [6.45, 7) is 0. The average molecular weight is 1710 g/mol. The van der Waals surface area contributed by atoms with Crippen LogP contribution >= 0.6 is 0 Å². The van der Waals surface area contributed by atoms with Crippen molar-refractivity contribution in [2.75, 3.05) is 34.3 Å². The summed E-state index contributed by atoms with van der Waals surface area (Å²) in [6.07, 6.45) is 0. The Labute approximate surface area is 778 Å². The van der Waals surface area contributed by atoms with Gasteiger partial charge in [-0.15, -0.1) is 0 Å². The molecule has 0 saturated carbocycles. The van der Waals surface area contributed by atoms with Crippen molar-refractivity contribution < 1.29 is 0 Å².